The molecular formula is C42H71N15O13S. The Labute approximate surface area is 414 Å². The fourth-order valence-corrected chi connectivity index (χ4v) is 7.11. The summed E-state index contributed by atoms with van der Waals surface area (Å²) >= 11 is 1.27. The average molecular weight is 1030 g/mol. The van der Waals surface area contributed by atoms with Gasteiger partial charge in [-0.25, -0.2) is 9.78 Å². The summed E-state index contributed by atoms with van der Waals surface area (Å²) in [5, 5.41) is 38.8. The largest absolute Gasteiger partial charge is 0.481 e. The number of hydrogen-bond acceptors (Lipinski definition) is 15. The van der Waals surface area contributed by atoms with Gasteiger partial charge in [0, 0.05) is 38.2 Å². The Morgan fingerprint density at radius 1 is 0.690 bits per heavy atom. The highest BCUT2D eigenvalue weighted by atomic mass is 32.2. The molecule has 0 aliphatic heterocycles. The van der Waals surface area contributed by atoms with Crippen LogP contribution in [0.1, 0.15) is 90.7 Å². The number of nitrogens with zero attached hydrogens (tertiary/aromatic N) is 2. The minimum absolute atomic E-state index is 0.00752. The zero-order chi connectivity index (χ0) is 53.6. The second-order valence-electron chi connectivity index (χ2n) is 16.8. The number of aromatic amines is 1. The predicted octanol–water partition coefficient (Wildman–Crippen LogP) is -4.71. The van der Waals surface area contributed by atoms with Gasteiger partial charge in [0.15, 0.2) is 5.96 Å². The summed E-state index contributed by atoms with van der Waals surface area (Å²) in [6.07, 6.45) is 3.53. The molecule has 0 aromatic carbocycles. The van der Waals surface area contributed by atoms with Crippen molar-refractivity contribution in [2.24, 2.45) is 33.8 Å². The second-order valence-corrected chi connectivity index (χ2v) is 17.7. The van der Waals surface area contributed by atoms with Crippen molar-refractivity contribution >= 4 is 82.8 Å². The quantitative estimate of drug-likeness (QED) is 0.0171. The molecule has 1 aromatic rings. The standard InChI is InChI=1S/C42H71N15O13S/c1-22(2)16-29(35(63)49-20-33(60)52-28(41(69)70)9-7-14-48-42(45)46)56-37(65)26(10-11-32(44)59)54-38(66)27(12-15-71-4)55-40(68)31(18-34(61)62)57-36(64)25(8-5-6-13-43)53-39(67)30(51-23(3)58)17-24-19-47-21-50-24/h19,21-22,25-31H,5-18,20,43H2,1-4H3,(H2,44,59)(H,47,50)(H,49,63)(H,51,58)(H,52,60)(H,53,67)(H,54,66)(H,55,68)(H,56,65)(H,57,64)(H,61,62)(H,69,70)(H4,45,46,48)/t25-,26-,27+,28-,29-,30-,31-/m0/s1. The lowest BCUT2D eigenvalue weighted by atomic mass is 10.0. The zero-order valence-corrected chi connectivity index (χ0v) is 41.2. The summed E-state index contributed by atoms with van der Waals surface area (Å²) in [7, 11) is 0. The van der Waals surface area contributed by atoms with Gasteiger partial charge in [-0.15, -0.1) is 0 Å². The van der Waals surface area contributed by atoms with E-state index < -0.39 is 127 Å². The van der Waals surface area contributed by atoms with Crippen molar-refractivity contribution in [2.45, 2.75) is 134 Å². The third-order valence-electron chi connectivity index (χ3n) is 10.2. The summed E-state index contributed by atoms with van der Waals surface area (Å²) in [5.41, 5.74) is 22.1. The van der Waals surface area contributed by atoms with Crippen LogP contribution in [0.2, 0.25) is 0 Å². The minimum atomic E-state index is -1.81. The van der Waals surface area contributed by atoms with E-state index in [1.807, 2.05) is 0 Å². The highest BCUT2D eigenvalue weighted by Crippen LogP contribution is 2.11. The molecule has 29 heteroatoms. The predicted molar refractivity (Wildman–Crippen MR) is 258 cm³/mol. The molecule has 0 aliphatic rings. The zero-order valence-electron chi connectivity index (χ0n) is 40.4. The van der Waals surface area contributed by atoms with Gasteiger partial charge < -0.3 is 80.7 Å². The van der Waals surface area contributed by atoms with Gasteiger partial charge in [0.25, 0.3) is 0 Å². The van der Waals surface area contributed by atoms with Gasteiger partial charge in [0.2, 0.25) is 53.2 Å². The van der Waals surface area contributed by atoms with Crippen LogP contribution in [0.15, 0.2) is 17.5 Å². The average Bonchev–Trinajstić information content (AvgIpc) is 3.80. The lowest BCUT2D eigenvalue weighted by Gasteiger charge is -2.27. The van der Waals surface area contributed by atoms with Crippen molar-refractivity contribution in [2.75, 3.05) is 31.6 Å². The number of carbonyl (C=O) groups is 11. The maximum atomic E-state index is 14.0. The van der Waals surface area contributed by atoms with Gasteiger partial charge in [0.1, 0.15) is 42.3 Å². The number of guanidine groups is 1. The lowest BCUT2D eigenvalue weighted by Crippen LogP contribution is -2.60. The van der Waals surface area contributed by atoms with E-state index in [4.69, 9.17) is 22.9 Å². The number of aliphatic carboxylic acids is 2. The van der Waals surface area contributed by atoms with Crippen molar-refractivity contribution < 1.29 is 63.0 Å². The van der Waals surface area contributed by atoms with Crippen molar-refractivity contribution in [1.82, 2.24) is 52.5 Å². The van der Waals surface area contributed by atoms with Gasteiger partial charge in [0.05, 0.1) is 19.3 Å². The number of thioether (sulfide) groups is 1. The van der Waals surface area contributed by atoms with E-state index in [0.29, 0.717) is 18.5 Å². The molecule has 0 saturated carbocycles. The van der Waals surface area contributed by atoms with Gasteiger partial charge in [-0.2, -0.15) is 11.8 Å². The van der Waals surface area contributed by atoms with E-state index in [2.05, 4.69) is 57.5 Å². The maximum Gasteiger partial charge on any atom is 0.326 e. The number of amides is 9. The van der Waals surface area contributed by atoms with Crippen LogP contribution >= 0.6 is 11.8 Å². The van der Waals surface area contributed by atoms with Crippen molar-refractivity contribution in [3.63, 3.8) is 0 Å². The normalized spacial score (nSPS) is 13.8. The Balaban J connectivity index is 3.32. The van der Waals surface area contributed by atoms with Crippen molar-refractivity contribution in [3.05, 3.63) is 18.2 Å². The van der Waals surface area contributed by atoms with Crippen LogP contribution in [-0.4, -0.2) is 165 Å². The van der Waals surface area contributed by atoms with E-state index in [1.165, 1.54) is 31.2 Å². The molecule has 0 fully saturated rings. The number of primary amides is 1. The molecule has 0 bridgehead atoms. The molecule has 0 spiro atoms. The Morgan fingerprint density at radius 2 is 1.24 bits per heavy atom. The van der Waals surface area contributed by atoms with Crippen LogP contribution < -0.4 is 65.5 Å². The number of nitrogens with two attached hydrogens (primary N) is 4. The van der Waals surface area contributed by atoms with Crippen LogP contribution in [-0.2, 0) is 59.2 Å². The Bertz CT molecular complexity index is 1990. The number of carbonyl (C=O) groups excluding carboxylic acids is 9. The number of imidazole rings is 1. The lowest BCUT2D eigenvalue weighted by molar-refractivity contribution is -0.142. The van der Waals surface area contributed by atoms with Crippen LogP contribution in [0, 0.1) is 5.92 Å². The summed E-state index contributed by atoms with van der Waals surface area (Å²) in [4.78, 5) is 153. The highest BCUT2D eigenvalue weighted by Gasteiger charge is 2.35. The number of aromatic nitrogens is 2. The Morgan fingerprint density at radius 3 is 1.75 bits per heavy atom. The highest BCUT2D eigenvalue weighted by molar-refractivity contribution is 7.98. The van der Waals surface area contributed by atoms with Gasteiger partial charge in [-0.1, -0.05) is 13.8 Å². The van der Waals surface area contributed by atoms with E-state index in [0.717, 1.165) is 0 Å². The van der Waals surface area contributed by atoms with E-state index in [9.17, 15) is 63.0 Å². The molecular weight excluding hydrogens is 955 g/mol. The van der Waals surface area contributed by atoms with E-state index in [1.54, 1.807) is 20.1 Å². The van der Waals surface area contributed by atoms with Crippen LogP contribution in [0.25, 0.3) is 0 Å². The molecule has 1 heterocycles. The molecule has 398 valence electrons. The number of H-pyrrole nitrogens is 1. The van der Waals surface area contributed by atoms with Gasteiger partial charge in [-0.05, 0) is 75.8 Å². The van der Waals surface area contributed by atoms with E-state index >= 15 is 0 Å². The Hall–Kier alpha value is -7.04. The number of rotatable bonds is 36. The fourth-order valence-electron chi connectivity index (χ4n) is 6.64. The number of hydrogen-bond donors (Lipinski definition) is 15. The summed E-state index contributed by atoms with van der Waals surface area (Å²) in [5.74, 6) is -10.9. The summed E-state index contributed by atoms with van der Waals surface area (Å²) in [6.45, 7) is 4.32. The third kappa shape index (κ3) is 26.5. The molecule has 1 aromatic heterocycles. The van der Waals surface area contributed by atoms with Crippen LogP contribution in [0.3, 0.4) is 0 Å². The molecule has 7 atom stereocenters. The number of carboxylic acid groups (broad SMARTS) is 2. The van der Waals surface area contributed by atoms with Gasteiger partial charge in [-0.3, -0.25) is 52.9 Å². The molecule has 71 heavy (non-hydrogen) atoms. The van der Waals surface area contributed by atoms with Gasteiger partial charge >= 0.3 is 11.9 Å². The molecule has 1 rings (SSSR count). The third-order valence-corrected chi connectivity index (χ3v) is 10.8. The van der Waals surface area contributed by atoms with E-state index in [-0.39, 0.29) is 75.7 Å². The number of unbranched alkanes of at least 4 members (excludes halogenated alkanes) is 1. The molecule has 0 radical (unpaired) electrons. The minimum Gasteiger partial charge on any atom is -0.481 e. The summed E-state index contributed by atoms with van der Waals surface area (Å²) in [6, 6.07) is -10.0. The van der Waals surface area contributed by atoms with Crippen LogP contribution in [0.4, 0.5) is 0 Å². The molecule has 28 nitrogen and oxygen atoms in total. The number of aliphatic imine (C=N–C) groups is 1. The molecule has 0 aliphatic carbocycles. The monoisotopic (exact) mass is 1030 g/mol. The fraction of sp³-hybridized carbons (Fsp3) is 0.643. The molecule has 0 saturated heterocycles. The molecule has 9 amide bonds. The van der Waals surface area contributed by atoms with Crippen molar-refractivity contribution in [3.8, 4) is 0 Å². The number of nitrogens with one attached hydrogen (secondary N) is 9. The first-order chi connectivity index (χ1) is 33.5. The molecule has 19 N–H and O–H groups in total. The SMILES string of the molecule is CSCC[C@@H](NC(=O)[C@H](CC(=O)O)NC(=O)[C@H](CCCCN)NC(=O)[C@H](Cc1cnc[nH]1)NC(C)=O)C(=O)N[C@@H](CCC(N)=O)C(=O)N[C@@H](CC(C)C)C(=O)NCC(=O)N[C@@H](CCCN=C(N)N)C(=O)O. The van der Waals surface area contributed by atoms with Crippen LogP contribution in [0.5, 0.6) is 0 Å². The molecule has 0 unspecified atom stereocenters. The number of carboxylic acids is 2. The maximum absolute atomic E-state index is 14.0. The first kappa shape index (κ1) is 62.0. The van der Waals surface area contributed by atoms with Crippen molar-refractivity contribution in [1.29, 1.82) is 0 Å². The topological polar surface area (TPSA) is 470 Å². The summed E-state index contributed by atoms with van der Waals surface area (Å²) < 4.78 is 0. The smallest absolute Gasteiger partial charge is 0.326 e. The first-order valence-electron chi connectivity index (χ1n) is 22.8. The second kappa shape index (κ2) is 33.5. The Kier molecular flexibility index (Phi) is 29.2. The first-order valence-corrected chi connectivity index (χ1v) is 24.2.